The molecule has 0 aliphatic carbocycles. The van der Waals surface area contributed by atoms with Crippen LogP contribution < -0.4 is 0 Å². The number of rotatable bonds is 24. The summed E-state index contributed by atoms with van der Waals surface area (Å²) in [5.41, 5.74) is 0. The van der Waals surface area contributed by atoms with Crippen LogP contribution in [-0.2, 0) is 0 Å². The third-order valence-corrected chi connectivity index (χ3v) is 6.47. The molecule has 0 aliphatic rings. The molecule has 0 fully saturated rings. The molecule has 0 amide bonds. The van der Waals surface area contributed by atoms with Crippen LogP contribution in [-0.4, -0.2) is 12.8 Å². The van der Waals surface area contributed by atoms with E-state index >= 15 is 0 Å². The van der Waals surface area contributed by atoms with E-state index in [1.54, 1.807) is 0 Å². The summed E-state index contributed by atoms with van der Waals surface area (Å²) >= 11 is 0. The smallest absolute Gasteiger partial charge is 0.0385 e. The van der Waals surface area contributed by atoms with E-state index in [1.165, 1.54) is 141 Å². The Hall–Kier alpha value is -0.330. The predicted molar refractivity (Wildman–Crippen MR) is 135 cm³/mol. The van der Waals surface area contributed by atoms with Crippen molar-refractivity contribution < 1.29 is 0 Å². The summed E-state index contributed by atoms with van der Waals surface area (Å²) in [4.78, 5) is 4.28. The largest absolute Gasteiger partial charge is 0.298 e. The summed E-state index contributed by atoms with van der Waals surface area (Å²) < 4.78 is 0. The summed E-state index contributed by atoms with van der Waals surface area (Å²) in [7, 11) is 0. The molecule has 0 aromatic heterocycles. The van der Waals surface area contributed by atoms with Crippen molar-refractivity contribution in [3.63, 3.8) is 0 Å². The van der Waals surface area contributed by atoms with Crippen molar-refractivity contribution in [2.45, 2.75) is 162 Å². The summed E-state index contributed by atoms with van der Waals surface area (Å²) in [6.07, 6.45) is 33.8. The van der Waals surface area contributed by atoms with Gasteiger partial charge in [0.05, 0.1) is 0 Å². The third kappa shape index (κ3) is 25.6. The van der Waals surface area contributed by atoms with Crippen LogP contribution in [0.1, 0.15) is 162 Å². The van der Waals surface area contributed by atoms with Crippen molar-refractivity contribution in [2.75, 3.05) is 6.54 Å². The van der Waals surface area contributed by atoms with Gasteiger partial charge in [-0.15, -0.1) is 0 Å². The van der Waals surface area contributed by atoms with Gasteiger partial charge < -0.3 is 0 Å². The molecule has 0 aromatic carbocycles. The Morgan fingerprint density at radius 3 is 1.24 bits per heavy atom. The zero-order valence-electron chi connectivity index (χ0n) is 20.9. The second-order valence-electron chi connectivity index (χ2n) is 9.56. The van der Waals surface area contributed by atoms with Crippen molar-refractivity contribution in [1.82, 2.24) is 0 Å². The Kier molecular flexibility index (Phi) is 25.4. The lowest BCUT2D eigenvalue weighted by Gasteiger charge is -2.11. The van der Waals surface area contributed by atoms with Gasteiger partial charge in [0, 0.05) is 6.54 Å². The maximum Gasteiger partial charge on any atom is 0.0385 e. The fraction of sp³-hybridized carbons (Fsp3) is 0.964. The molecule has 0 aromatic rings. The van der Waals surface area contributed by atoms with Crippen LogP contribution in [0.3, 0.4) is 0 Å². The highest BCUT2D eigenvalue weighted by molar-refractivity contribution is 5.53. The Bertz CT molecular complexity index is 309. The number of hydrogen-bond acceptors (Lipinski definition) is 1. The third-order valence-electron chi connectivity index (χ3n) is 6.47. The van der Waals surface area contributed by atoms with E-state index in [0.29, 0.717) is 0 Å². The second kappa shape index (κ2) is 25.7. The van der Waals surface area contributed by atoms with Crippen LogP contribution in [0.5, 0.6) is 0 Å². The van der Waals surface area contributed by atoms with Gasteiger partial charge in [-0.2, -0.15) is 0 Å². The molecule has 1 heteroatoms. The van der Waals surface area contributed by atoms with Gasteiger partial charge in [0.25, 0.3) is 0 Å². The molecule has 1 atom stereocenters. The summed E-state index contributed by atoms with van der Waals surface area (Å²) in [6, 6.07) is 0. The Balaban J connectivity index is 3.14. The van der Waals surface area contributed by atoms with Gasteiger partial charge in [0.2, 0.25) is 0 Å². The van der Waals surface area contributed by atoms with Gasteiger partial charge in [0.1, 0.15) is 0 Å². The standard InChI is InChI=1S/C28H57N/c1-4-6-7-8-9-10-11-12-13-14-16-19-22-25-28(3)26-23-20-17-15-18-21-24-27-29-5-2/h5,28H,4,6-27H2,1-3H3. The van der Waals surface area contributed by atoms with Crippen molar-refractivity contribution in [3.8, 4) is 0 Å². The summed E-state index contributed by atoms with van der Waals surface area (Å²) in [5, 5.41) is 0. The minimum atomic E-state index is 0.953. The lowest BCUT2D eigenvalue weighted by Crippen LogP contribution is -1.95. The molecule has 29 heavy (non-hydrogen) atoms. The van der Waals surface area contributed by atoms with Crippen LogP contribution in [0.4, 0.5) is 0 Å². The fourth-order valence-electron chi connectivity index (χ4n) is 4.36. The van der Waals surface area contributed by atoms with Crippen LogP contribution >= 0.6 is 0 Å². The molecular weight excluding hydrogens is 350 g/mol. The number of nitrogens with zero attached hydrogens (tertiary/aromatic N) is 1. The van der Waals surface area contributed by atoms with Gasteiger partial charge in [0.15, 0.2) is 0 Å². The van der Waals surface area contributed by atoms with Crippen LogP contribution in [0.2, 0.25) is 0 Å². The molecule has 0 radical (unpaired) electrons. The van der Waals surface area contributed by atoms with Gasteiger partial charge in [-0.05, 0) is 25.5 Å². The Labute approximate surface area is 185 Å². The molecule has 0 spiro atoms. The first kappa shape index (κ1) is 28.7. The van der Waals surface area contributed by atoms with Crippen molar-refractivity contribution >= 4 is 6.21 Å². The minimum absolute atomic E-state index is 0.953. The fourth-order valence-corrected chi connectivity index (χ4v) is 4.36. The zero-order valence-corrected chi connectivity index (χ0v) is 20.9. The highest BCUT2D eigenvalue weighted by Gasteiger charge is 2.02. The second-order valence-corrected chi connectivity index (χ2v) is 9.56. The van der Waals surface area contributed by atoms with Crippen LogP contribution in [0.15, 0.2) is 4.99 Å². The molecule has 0 heterocycles. The SMILES string of the molecule is CC=NCCCCCCCCCC(C)CCCCCCCCCCCCCCC. The van der Waals surface area contributed by atoms with Gasteiger partial charge >= 0.3 is 0 Å². The Morgan fingerprint density at radius 2 is 0.862 bits per heavy atom. The first-order chi connectivity index (χ1) is 14.3. The molecule has 1 nitrogen and oxygen atoms in total. The van der Waals surface area contributed by atoms with E-state index in [0.717, 1.165) is 12.5 Å². The lowest BCUT2D eigenvalue weighted by molar-refractivity contribution is 0.430. The van der Waals surface area contributed by atoms with Gasteiger partial charge in [-0.1, -0.05) is 149 Å². The van der Waals surface area contributed by atoms with Crippen LogP contribution in [0, 0.1) is 5.92 Å². The van der Waals surface area contributed by atoms with Crippen LogP contribution in [0.25, 0.3) is 0 Å². The molecule has 0 bridgehead atoms. The van der Waals surface area contributed by atoms with E-state index in [-0.39, 0.29) is 0 Å². The molecule has 1 unspecified atom stereocenters. The quantitative estimate of drug-likeness (QED) is 0.111. The Morgan fingerprint density at radius 1 is 0.517 bits per heavy atom. The van der Waals surface area contributed by atoms with E-state index in [1.807, 2.05) is 13.1 Å². The molecule has 0 saturated heterocycles. The summed E-state index contributed by atoms with van der Waals surface area (Å²) in [5.74, 6) is 0.953. The average molecular weight is 408 g/mol. The molecule has 0 rings (SSSR count). The normalized spacial score (nSPS) is 12.8. The topological polar surface area (TPSA) is 12.4 Å². The molecular formula is C28H57N. The number of hydrogen-bond donors (Lipinski definition) is 0. The molecule has 0 saturated carbocycles. The minimum Gasteiger partial charge on any atom is -0.298 e. The number of unbranched alkanes of at least 4 members (excludes halogenated alkanes) is 18. The van der Waals surface area contributed by atoms with E-state index in [4.69, 9.17) is 0 Å². The maximum absolute atomic E-state index is 4.28. The lowest BCUT2D eigenvalue weighted by atomic mass is 9.95. The monoisotopic (exact) mass is 407 g/mol. The average Bonchev–Trinajstić information content (AvgIpc) is 2.72. The van der Waals surface area contributed by atoms with E-state index in [2.05, 4.69) is 18.8 Å². The first-order valence-electron chi connectivity index (χ1n) is 13.8. The van der Waals surface area contributed by atoms with Crippen molar-refractivity contribution in [2.24, 2.45) is 10.9 Å². The van der Waals surface area contributed by atoms with E-state index in [9.17, 15) is 0 Å². The molecule has 0 N–H and O–H groups in total. The highest BCUT2D eigenvalue weighted by Crippen LogP contribution is 2.19. The van der Waals surface area contributed by atoms with Crippen molar-refractivity contribution in [3.05, 3.63) is 0 Å². The van der Waals surface area contributed by atoms with Gasteiger partial charge in [-0.3, -0.25) is 4.99 Å². The highest BCUT2D eigenvalue weighted by atomic mass is 14.7. The summed E-state index contributed by atoms with van der Waals surface area (Å²) in [6.45, 7) is 7.83. The van der Waals surface area contributed by atoms with Gasteiger partial charge in [-0.25, -0.2) is 0 Å². The first-order valence-corrected chi connectivity index (χ1v) is 13.8. The number of aliphatic imine (C=N–C) groups is 1. The predicted octanol–water partition coefficient (Wildman–Crippen LogP) is 10.3. The zero-order chi connectivity index (χ0) is 21.3. The maximum atomic E-state index is 4.28. The molecule has 0 aliphatic heterocycles. The van der Waals surface area contributed by atoms with Crippen molar-refractivity contribution in [1.29, 1.82) is 0 Å². The van der Waals surface area contributed by atoms with E-state index < -0.39 is 0 Å². The molecule has 174 valence electrons.